The van der Waals surface area contributed by atoms with Gasteiger partial charge in [0.15, 0.2) is 0 Å². The van der Waals surface area contributed by atoms with Crippen molar-refractivity contribution in [2.24, 2.45) is 0 Å². The normalized spacial score (nSPS) is 20.6. The molecule has 0 radical (unpaired) electrons. The van der Waals surface area contributed by atoms with Crippen LogP contribution in [-0.4, -0.2) is 22.8 Å². The zero-order valence-electron chi connectivity index (χ0n) is 12.9. The molecule has 0 amide bonds. The molecular formula is C19H20FN3. The number of benzene rings is 2. The van der Waals surface area contributed by atoms with Crippen molar-refractivity contribution in [2.45, 2.75) is 31.2 Å². The topological polar surface area (TPSA) is 40.7 Å². The number of aromatic nitrogens is 2. The van der Waals surface area contributed by atoms with Gasteiger partial charge in [-0.3, -0.25) is 5.10 Å². The summed E-state index contributed by atoms with van der Waals surface area (Å²) >= 11 is 0. The summed E-state index contributed by atoms with van der Waals surface area (Å²) in [5, 5.41) is 11.8. The Morgan fingerprint density at radius 2 is 2.04 bits per heavy atom. The van der Waals surface area contributed by atoms with Gasteiger partial charge in [-0.05, 0) is 55.0 Å². The lowest BCUT2D eigenvalue weighted by atomic mass is 9.75. The van der Waals surface area contributed by atoms with Crippen LogP contribution >= 0.6 is 0 Å². The van der Waals surface area contributed by atoms with Crippen LogP contribution in [0.1, 0.15) is 29.9 Å². The minimum absolute atomic E-state index is 0.0659. The van der Waals surface area contributed by atoms with Crippen molar-refractivity contribution in [1.82, 2.24) is 15.5 Å². The van der Waals surface area contributed by atoms with Gasteiger partial charge >= 0.3 is 0 Å². The number of hydrogen-bond donors (Lipinski definition) is 2. The first-order valence-corrected chi connectivity index (χ1v) is 8.19. The van der Waals surface area contributed by atoms with E-state index in [2.05, 4.69) is 33.7 Å². The van der Waals surface area contributed by atoms with Crippen molar-refractivity contribution in [3.8, 4) is 0 Å². The van der Waals surface area contributed by atoms with E-state index in [9.17, 15) is 4.39 Å². The first-order valence-electron chi connectivity index (χ1n) is 8.19. The highest BCUT2D eigenvalue weighted by Crippen LogP contribution is 2.37. The quantitative estimate of drug-likeness (QED) is 0.753. The fourth-order valence-electron chi connectivity index (χ4n) is 3.40. The van der Waals surface area contributed by atoms with Crippen LogP contribution in [-0.2, 0) is 6.42 Å². The van der Waals surface area contributed by atoms with Gasteiger partial charge in [0.1, 0.15) is 5.82 Å². The average molecular weight is 309 g/mol. The summed E-state index contributed by atoms with van der Waals surface area (Å²) in [7, 11) is 0. The van der Waals surface area contributed by atoms with Crippen molar-refractivity contribution >= 4 is 10.9 Å². The molecule has 0 spiro atoms. The van der Waals surface area contributed by atoms with Crippen LogP contribution in [0.25, 0.3) is 10.9 Å². The molecule has 1 fully saturated rings. The molecular weight excluding hydrogens is 289 g/mol. The van der Waals surface area contributed by atoms with Crippen LogP contribution in [0.3, 0.4) is 0 Å². The van der Waals surface area contributed by atoms with Gasteiger partial charge < -0.3 is 5.32 Å². The molecule has 1 aromatic heterocycles. The van der Waals surface area contributed by atoms with Gasteiger partial charge in [-0.2, -0.15) is 5.10 Å². The largest absolute Gasteiger partial charge is 0.314 e. The third-order valence-corrected chi connectivity index (χ3v) is 4.84. The molecule has 0 saturated heterocycles. The zero-order valence-corrected chi connectivity index (χ0v) is 12.9. The first kappa shape index (κ1) is 14.4. The molecule has 0 bridgehead atoms. The van der Waals surface area contributed by atoms with Crippen LogP contribution in [0.2, 0.25) is 0 Å². The maximum atomic E-state index is 13.7. The third-order valence-electron chi connectivity index (χ3n) is 4.84. The molecule has 3 nitrogen and oxygen atoms in total. The van der Waals surface area contributed by atoms with E-state index in [0.29, 0.717) is 12.0 Å². The van der Waals surface area contributed by atoms with Crippen molar-refractivity contribution in [3.05, 3.63) is 65.6 Å². The summed E-state index contributed by atoms with van der Waals surface area (Å²) in [6.07, 6.45) is 4.89. The summed E-state index contributed by atoms with van der Waals surface area (Å²) in [6.45, 7) is 0.953. The number of nitrogens with one attached hydrogen (secondary N) is 2. The van der Waals surface area contributed by atoms with Crippen LogP contribution in [0, 0.1) is 5.82 Å². The van der Waals surface area contributed by atoms with Crippen LogP contribution < -0.4 is 5.32 Å². The predicted molar refractivity (Wildman–Crippen MR) is 90.0 cm³/mol. The summed E-state index contributed by atoms with van der Waals surface area (Å²) in [4.78, 5) is 0. The molecule has 1 saturated carbocycles. The summed E-state index contributed by atoms with van der Waals surface area (Å²) < 4.78 is 13.7. The van der Waals surface area contributed by atoms with E-state index >= 15 is 0 Å². The molecule has 4 rings (SSSR count). The van der Waals surface area contributed by atoms with E-state index < -0.39 is 0 Å². The van der Waals surface area contributed by atoms with Gasteiger partial charge in [0.2, 0.25) is 0 Å². The molecule has 0 aliphatic heterocycles. The van der Waals surface area contributed by atoms with E-state index in [0.717, 1.165) is 42.3 Å². The SMILES string of the molecule is Fc1ccccc1C1CC(NCCc2ccc3cn[nH]c3c2)C1. The Morgan fingerprint density at radius 1 is 1.17 bits per heavy atom. The average Bonchev–Trinajstić information content (AvgIpc) is 2.98. The Labute approximate surface area is 134 Å². The smallest absolute Gasteiger partial charge is 0.126 e. The van der Waals surface area contributed by atoms with Gasteiger partial charge in [-0.15, -0.1) is 0 Å². The molecule has 0 unspecified atom stereocenters. The van der Waals surface area contributed by atoms with E-state index in [4.69, 9.17) is 0 Å². The predicted octanol–water partition coefficient (Wildman–Crippen LogP) is 3.78. The van der Waals surface area contributed by atoms with Gasteiger partial charge in [-0.1, -0.05) is 30.3 Å². The second kappa shape index (κ2) is 6.13. The van der Waals surface area contributed by atoms with Crippen LogP contribution in [0.5, 0.6) is 0 Å². The van der Waals surface area contributed by atoms with E-state index in [1.807, 2.05) is 18.3 Å². The maximum absolute atomic E-state index is 13.7. The molecule has 0 atom stereocenters. The second-order valence-electron chi connectivity index (χ2n) is 6.38. The fraction of sp³-hybridized carbons (Fsp3) is 0.316. The molecule has 3 aromatic rings. The Hall–Kier alpha value is -2.20. The van der Waals surface area contributed by atoms with E-state index in [1.54, 1.807) is 12.1 Å². The van der Waals surface area contributed by atoms with Gasteiger partial charge in [0.05, 0.1) is 11.7 Å². The molecule has 4 heteroatoms. The van der Waals surface area contributed by atoms with Gasteiger partial charge in [0, 0.05) is 11.4 Å². The Kier molecular flexibility index (Phi) is 3.83. The molecule has 1 aliphatic carbocycles. The molecule has 2 N–H and O–H groups in total. The highest BCUT2D eigenvalue weighted by Gasteiger charge is 2.31. The standard InChI is InChI=1S/C19H20FN3/c20-18-4-2-1-3-17(18)15-10-16(11-15)21-8-7-13-5-6-14-12-22-23-19(14)9-13/h1-6,9,12,15-16,21H,7-8,10-11H2,(H,22,23). The lowest BCUT2D eigenvalue weighted by Crippen LogP contribution is -2.41. The van der Waals surface area contributed by atoms with Gasteiger partial charge in [-0.25, -0.2) is 4.39 Å². The monoisotopic (exact) mass is 309 g/mol. The molecule has 2 aromatic carbocycles. The minimum Gasteiger partial charge on any atom is -0.314 e. The maximum Gasteiger partial charge on any atom is 0.126 e. The zero-order chi connectivity index (χ0) is 15.6. The summed E-state index contributed by atoms with van der Waals surface area (Å²) in [6, 6.07) is 14.1. The highest BCUT2D eigenvalue weighted by molar-refractivity contribution is 5.78. The Morgan fingerprint density at radius 3 is 2.91 bits per heavy atom. The van der Waals surface area contributed by atoms with E-state index in [1.165, 1.54) is 5.56 Å². The molecule has 23 heavy (non-hydrogen) atoms. The number of aromatic amines is 1. The Bertz CT molecular complexity index is 805. The van der Waals surface area contributed by atoms with Crippen molar-refractivity contribution in [1.29, 1.82) is 0 Å². The number of nitrogens with zero attached hydrogens (tertiary/aromatic N) is 1. The number of halogens is 1. The Balaban J connectivity index is 1.26. The molecule has 118 valence electrons. The van der Waals surface area contributed by atoms with Crippen LogP contribution in [0.15, 0.2) is 48.7 Å². The number of hydrogen-bond acceptors (Lipinski definition) is 2. The minimum atomic E-state index is -0.0659. The van der Waals surface area contributed by atoms with Crippen LogP contribution in [0.4, 0.5) is 4.39 Å². The van der Waals surface area contributed by atoms with E-state index in [-0.39, 0.29) is 5.82 Å². The fourth-order valence-corrected chi connectivity index (χ4v) is 3.40. The number of H-pyrrole nitrogens is 1. The summed E-state index contributed by atoms with van der Waals surface area (Å²) in [5.74, 6) is 0.304. The van der Waals surface area contributed by atoms with Crippen molar-refractivity contribution in [2.75, 3.05) is 6.54 Å². The third kappa shape index (κ3) is 2.99. The highest BCUT2D eigenvalue weighted by atomic mass is 19.1. The van der Waals surface area contributed by atoms with Crippen molar-refractivity contribution in [3.63, 3.8) is 0 Å². The lowest BCUT2D eigenvalue weighted by Gasteiger charge is -2.36. The van der Waals surface area contributed by atoms with Crippen molar-refractivity contribution < 1.29 is 4.39 Å². The summed E-state index contributed by atoms with van der Waals surface area (Å²) in [5.41, 5.74) is 3.26. The number of rotatable bonds is 5. The second-order valence-corrected chi connectivity index (χ2v) is 6.38. The van der Waals surface area contributed by atoms with Gasteiger partial charge in [0.25, 0.3) is 0 Å². The number of fused-ring (bicyclic) bond motifs is 1. The lowest BCUT2D eigenvalue weighted by molar-refractivity contribution is 0.287. The molecule has 1 heterocycles. The first-order chi connectivity index (χ1) is 11.3. The molecule has 1 aliphatic rings.